The summed E-state index contributed by atoms with van der Waals surface area (Å²) in [6.45, 7) is 6.52. The number of fused-ring (bicyclic) bond motifs is 1. The molecule has 0 saturated carbocycles. The van der Waals surface area contributed by atoms with Crippen LogP contribution in [0.4, 0.5) is 5.69 Å². The van der Waals surface area contributed by atoms with Crippen LogP contribution in [0.3, 0.4) is 0 Å². The third kappa shape index (κ3) is 4.80. The van der Waals surface area contributed by atoms with Crippen molar-refractivity contribution in [2.45, 2.75) is 26.1 Å². The highest BCUT2D eigenvalue weighted by molar-refractivity contribution is 5.95. The van der Waals surface area contributed by atoms with Gasteiger partial charge in [0.15, 0.2) is 6.10 Å². The smallest absolute Gasteiger partial charge is 0.263 e. The summed E-state index contributed by atoms with van der Waals surface area (Å²) < 4.78 is 11.2. The second-order valence-corrected chi connectivity index (χ2v) is 7.63. The summed E-state index contributed by atoms with van der Waals surface area (Å²) in [5.74, 6) is 0.208. The minimum Gasteiger partial charge on any atom is -0.477 e. The Balaban J connectivity index is 1.32. The van der Waals surface area contributed by atoms with Crippen LogP contribution in [0.5, 0.6) is 5.75 Å². The molecule has 0 aliphatic carbocycles. The molecule has 0 aromatic heterocycles. The molecule has 2 aliphatic heterocycles. The van der Waals surface area contributed by atoms with Gasteiger partial charge < -0.3 is 19.7 Å². The predicted octanol–water partition coefficient (Wildman–Crippen LogP) is 1.95. The summed E-state index contributed by atoms with van der Waals surface area (Å²) >= 11 is 0. The first-order valence-corrected chi connectivity index (χ1v) is 10.3. The van der Waals surface area contributed by atoms with Crippen LogP contribution in [-0.4, -0.2) is 55.7 Å². The molecule has 0 radical (unpaired) electrons. The van der Waals surface area contributed by atoms with Crippen molar-refractivity contribution in [3.63, 3.8) is 0 Å². The van der Waals surface area contributed by atoms with Crippen LogP contribution in [0.2, 0.25) is 0 Å². The Morgan fingerprint density at radius 1 is 1.03 bits per heavy atom. The van der Waals surface area contributed by atoms with Gasteiger partial charge in [0, 0.05) is 33.1 Å². The molecule has 1 fully saturated rings. The van der Waals surface area contributed by atoms with Gasteiger partial charge in [0.2, 0.25) is 5.91 Å². The van der Waals surface area contributed by atoms with Crippen LogP contribution < -0.4 is 15.0 Å². The lowest BCUT2D eigenvalue weighted by Gasteiger charge is -2.33. The second kappa shape index (κ2) is 9.28. The van der Waals surface area contributed by atoms with E-state index in [0.29, 0.717) is 18.0 Å². The van der Waals surface area contributed by atoms with E-state index in [4.69, 9.17) is 9.47 Å². The summed E-state index contributed by atoms with van der Waals surface area (Å²) in [4.78, 5) is 28.7. The molecule has 2 aromatic rings. The number of anilines is 1. The fourth-order valence-electron chi connectivity index (χ4n) is 3.75. The molecule has 7 nitrogen and oxygen atoms in total. The molecule has 1 N–H and O–H groups in total. The molecule has 2 aromatic carbocycles. The zero-order valence-electron chi connectivity index (χ0n) is 17.2. The molecule has 0 spiro atoms. The Labute approximate surface area is 176 Å². The summed E-state index contributed by atoms with van der Waals surface area (Å²) in [5.41, 5.74) is 2.97. The summed E-state index contributed by atoms with van der Waals surface area (Å²) in [6.07, 6.45) is -0.732. The normalized spacial score (nSPS) is 19.0. The number of nitrogens with zero attached hydrogens (tertiary/aromatic N) is 2. The molecule has 1 saturated heterocycles. The van der Waals surface area contributed by atoms with Crippen molar-refractivity contribution in [1.82, 2.24) is 10.2 Å². The lowest BCUT2D eigenvalue weighted by Crippen LogP contribution is -2.50. The van der Waals surface area contributed by atoms with E-state index in [1.807, 2.05) is 30.3 Å². The van der Waals surface area contributed by atoms with Crippen LogP contribution in [-0.2, 0) is 27.4 Å². The van der Waals surface area contributed by atoms with E-state index in [2.05, 4.69) is 22.3 Å². The summed E-state index contributed by atoms with van der Waals surface area (Å²) in [7, 11) is 0. The largest absolute Gasteiger partial charge is 0.477 e. The van der Waals surface area contributed by atoms with Crippen molar-refractivity contribution in [3.8, 4) is 5.75 Å². The van der Waals surface area contributed by atoms with Crippen molar-refractivity contribution in [1.29, 1.82) is 0 Å². The van der Waals surface area contributed by atoms with Gasteiger partial charge >= 0.3 is 0 Å². The number of hydrogen-bond acceptors (Lipinski definition) is 5. The van der Waals surface area contributed by atoms with Crippen LogP contribution in [0.1, 0.15) is 18.1 Å². The van der Waals surface area contributed by atoms with E-state index in [1.54, 1.807) is 11.0 Å². The Hall–Kier alpha value is -2.90. The van der Waals surface area contributed by atoms with Gasteiger partial charge in [-0.05, 0) is 23.3 Å². The third-order valence-corrected chi connectivity index (χ3v) is 5.45. The van der Waals surface area contributed by atoms with E-state index in [9.17, 15) is 9.59 Å². The van der Waals surface area contributed by atoms with Gasteiger partial charge in [-0.3, -0.25) is 14.5 Å². The number of amides is 2. The van der Waals surface area contributed by atoms with E-state index in [-0.39, 0.29) is 18.4 Å². The van der Waals surface area contributed by atoms with Crippen LogP contribution in [0.25, 0.3) is 0 Å². The van der Waals surface area contributed by atoms with Crippen LogP contribution in [0.15, 0.2) is 48.5 Å². The van der Waals surface area contributed by atoms with Crippen molar-refractivity contribution in [2.24, 2.45) is 0 Å². The molecule has 7 heteroatoms. The molecular weight excluding hydrogens is 382 g/mol. The molecule has 1 unspecified atom stereocenters. The highest BCUT2D eigenvalue weighted by atomic mass is 16.5. The van der Waals surface area contributed by atoms with Crippen LogP contribution >= 0.6 is 0 Å². The first-order chi connectivity index (χ1) is 14.6. The maximum absolute atomic E-state index is 12.7. The molecule has 1 atom stereocenters. The van der Waals surface area contributed by atoms with Crippen molar-refractivity contribution >= 4 is 17.5 Å². The van der Waals surface area contributed by atoms with E-state index >= 15 is 0 Å². The minimum absolute atomic E-state index is 0.112. The summed E-state index contributed by atoms with van der Waals surface area (Å²) in [6, 6.07) is 15.5. The van der Waals surface area contributed by atoms with Crippen molar-refractivity contribution in [3.05, 3.63) is 59.7 Å². The topological polar surface area (TPSA) is 71.1 Å². The summed E-state index contributed by atoms with van der Waals surface area (Å²) in [5, 5.41) is 2.93. The molecule has 30 heavy (non-hydrogen) atoms. The SMILES string of the molecule is CC(=O)N1CC(C(=O)NCc2ccc(CN3CCOCC3)cc2)Oc2ccccc21. The van der Waals surface area contributed by atoms with Gasteiger partial charge in [-0.2, -0.15) is 0 Å². The average Bonchev–Trinajstić information content (AvgIpc) is 2.78. The Morgan fingerprint density at radius 3 is 2.47 bits per heavy atom. The van der Waals surface area contributed by atoms with E-state index in [0.717, 1.165) is 38.4 Å². The first-order valence-electron chi connectivity index (χ1n) is 10.3. The fraction of sp³-hybridized carbons (Fsp3) is 0.391. The number of morpholine rings is 1. The Kier molecular flexibility index (Phi) is 6.30. The molecule has 2 heterocycles. The molecule has 2 amide bonds. The lowest BCUT2D eigenvalue weighted by atomic mass is 10.1. The van der Waals surface area contributed by atoms with Gasteiger partial charge in [-0.1, -0.05) is 36.4 Å². The van der Waals surface area contributed by atoms with E-state index < -0.39 is 6.10 Å². The lowest BCUT2D eigenvalue weighted by molar-refractivity contribution is -0.128. The predicted molar refractivity (Wildman–Crippen MR) is 113 cm³/mol. The fourth-order valence-corrected chi connectivity index (χ4v) is 3.75. The second-order valence-electron chi connectivity index (χ2n) is 7.63. The monoisotopic (exact) mass is 409 g/mol. The zero-order chi connectivity index (χ0) is 20.9. The zero-order valence-corrected chi connectivity index (χ0v) is 17.2. The maximum atomic E-state index is 12.7. The first kappa shape index (κ1) is 20.4. The Bertz CT molecular complexity index is 894. The number of para-hydroxylation sites is 2. The van der Waals surface area contributed by atoms with Gasteiger partial charge in [0.05, 0.1) is 25.4 Å². The van der Waals surface area contributed by atoms with Crippen molar-refractivity contribution in [2.75, 3.05) is 37.7 Å². The number of nitrogens with one attached hydrogen (secondary N) is 1. The minimum atomic E-state index is -0.732. The molecule has 2 aliphatic rings. The molecule has 158 valence electrons. The number of rotatable bonds is 5. The third-order valence-electron chi connectivity index (χ3n) is 5.45. The van der Waals surface area contributed by atoms with Gasteiger partial charge in [0.25, 0.3) is 5.91 Å². The molecular formula is C23H27N3O4. The highest BCUT2D eigenvalue weighted by Crippen LogP contribution is 2.33. The Morgan fingerprint density at radius 2 is 1.73 bits per heavy atom. The van der Waals surface area contributed by atoms with Gasteiger partial charge in [-0.15, -0.1) is 0 Å². The van der Waals surface area contributed by atoms with Gasteiger partial charge in [0.1, 0.15) is 5.75 Å². The quantitative estimate of drug-likeness (QED) is 0.817. The standard InChI is InChI=1S/C23H27N3O4/c1-17(27)26-16-22(30-21-5-3-2-4-20(21)26)23(28)24-14-18-6-8-19(9-7-18)15-25-10-12-29-13-11-25/h2-9,22H,10-16H2,1H3,(H,24,28). The highest BCUT2D eigenvalue weighted by Gasteiger charge is 2.32. The maximum Gasteiger partial charge on any atom is 0.263 e. The van der Waals surface area contributed by atoms with Crippen LogP contribution in [0, 0.1) is 0 Å². The van der Waals surface area contributed by atoms with Gasteiger partial charge in [-0.25, -0.2) is 0 Å². The average molecular weight is 409 g/mol. The number of carbonyl (C=O) groups excluding carboxylic acids is 2. The number of hydrogen-bond donors (Lipinski definition) is 1. The molecule has 0 bridgehead atoms. The number of ether oxygens (including phenoxy) is 2. The molecule has 4 rings (SSSR count). The number of benzene rings is 2. The van der Waals surface area contributed by atoms with E-state index in [1.165, 1.54) is 12.5 Å². The van der Waals surface area contributed by atoms with Crippen molar-refractivity contribution < 1.29 is 19.1 Å². The number of carbonyl (C=O) groups is 2.